The third kappa shape index (κ3) is 4.20. The van der Waals surface area contributed by atoms with Gasteiger partial charge in [0.2, 0.25) is 0 Å². The lowest BCUT2D eigenvalue weighted by atomic mass is 10.1. The van der Waals surface area contributed by atoms with E-state index >= 15 is 0 Å². The van der Waals surface area contributed by atoms with E-state index in [0.29, 0.717) is 17.8 Å². The second kappa shape index (κ2) is 7.71. The number of nitrogens with zero attached hydrogens (tertiary/aromatic N) is 6. The van der Waals surface area contributed by atoms with Gasteiger partial charge in [-0.15, -0.1) is 26.6 Å². The second-order valence-corrected chi connectivity index (χ2v) is 9.01. The molecule has 3 heterocycles. The van der Waals surface area contributed by atoms with E-state index in [-0.39, 0.29) is 0 Å². The lowest BCUT2D eigenvalue weighted by Crippen LogP contribution is -1.98. The van der Waals surface area contributed by atoms with Crippen LogP contribution in [0.5, 0.6) is 0 Å². The highest BCUT2D eigenvalue weighted by Crippen LogP contribution is 2.28. The summed E-state index contributed by atoms with van der Waals surface area (Å²) in [4.78, 5) is 5.81. The van der Waals surface area contributed by atoms with E-state index in [4.69, 9.17) is 0 Å². The quantitative estimate of drug-likeness (QED) is 0.615. The Morgan fingerprint density at radius 1 is 0.958 bits per heavy atom. The molecule has 0 aliphatic heterocycles. The van der Waals surface area contributed by atoms with E-state index in [1.807, 2.05) is 6.20 Å². The van der Waals surface area contributed by atoms with Crippen LogP contribution < -0.4 is 0 Å². The van der Waals surface area contributed by atoms with Gasteiger partial charge in [-0.25, -0.2) is 4.98 Å². The van der Waals surface area contributed by atoms with E-state index < -0.39 is 0 Å². The third-order valence-corrected chi connectivity index (χ3v) is 6.55. The number of rotatable bonds is 7. The molecule has 0 aliphatic rings. The molecule has 2 unspecified atom stereocenters. The Hall–Kier alpha value is -1.32. The molecule has 2 atom stereocenters. The van der Waals surface area contributed by atoms with E-state index in [9.17, 15) is 0 Å². The Morgan fingerprint density at radius 3 is 2.42 bits per heavy atom. The molecule has 24 heavy (non-hydrogen) atoms. The summed E-state index contributed by atoms with van der Waals surface area (Å²) in [6.45, 7) is 8.59. The Labute approximate surface area is 153 Å². The van der Waals surface area contributed by atoms with Crippen molar-refractivity contribution in [1.29, 1.82) is 0 Å². The molecule has 0 N–H and O–H groups in total. The Kier molecular flexibility index (Phi) is 5.62. The molecule has 0 radical (unpaired) electrons. The summed E-state index contributed by atoms with van der Waals surface area (Å²) in [5.41, 5.74) is 0. The highest BCUT2D eigenvalue weighted by atomic mass is 32.1. The maximum absolute atomic E-state index is 4.62. The van der Waals surface area contributed by atoms with Crippen molar-refractivity contribution >= 4 is 34.4 Å². The van der Waals surface area contributed by atoms with Gasteiger partial charge in [-0.3, -0.25) is 0 Å². The minimum absolute atomic E-state index is 0.310. The zero-order valence-corrected chi connectivity index (χ0v) is 16.6. The topological polar surface area (TPSA) is 77.3 Å². The van der Waals surface area contributed by atoms with E-state index in [2.05, 4.69) is 56.8 Å². The smallest absolute Gasteiger partial charge is 0.145 e. The Morgan fingerprint density at radius 2 is 1.75 bits per heavy atom. The highest BCUT2D eigenvalue weighted by molar-refractivity contribution is 7.11. The monoisotopic (exact) mass is 380 g/mol. The first kappa shape index (κ1) is 17.5. The lowest BCUT2D eigenvalue weighted by molar-refractivity contribution is 0.714. The summed E-state index contributed by atoms with van der Waals surface area (Å²) in [5.74, 6) is 2.00. The largest absolute Gasteiger partial charge is 0.224 e. The van der Waals surface area contributed by atoms with Crippen molar-refractivity contribution in [3.8, 4) is 0 Å². The first-order valence-corrected chi connectivity index (χ1v) is 10.3. The molecule has 0 bridgehead atoms. The summed E-state index contributed by atoms with van der Waals surface area (Å²) < 4.78 is 8.35. The molecule has 0 saturated heterocycles. The summed E-state index contributed by atoms with van der Waals surface area (Å²) in [7, 11) is 0. The fraction of sp³-hybridized carbons (Fsp3) is 0.600. The minimum Gasteiger partial charge on any atom is -0.224 e. The molecule has 0 aliphatic carbocycles. The van der Waals surface area contributed by atoms with E-state index in [0.717, 1.165) is 33.7 Å². The number of aromatic nitrogens is 6. The van der Waals surface area contributed by atoms with Gasteiger partial charge in [-0.1, -0.05) is 32.2 Å². The van der Waals surface area contributed by atoms with Crippen LogP contribution in [0.25, 0.3) is 0 Å². The molecule has 0 saturated carbocycles. The molecule has 0 spiro atoms. The van der Waals surface area contributed by atoms with E-state index in [1.165, 1.54) is 27.9 Å². The first-order valence-electron chi connectivity index (χ1n) is 7.95. The second-order valence-electron chi connectivity index (χ2n) is 6.27. The summed E-state index contributed by atoms with van der Waals surface area (Å²) in [6, 6.07) is 0. The van der Waals surface area contributed by atoms with Crippen LogP contribution in [0.4, 0.5) is 0 Å². The number of hydrogen-bond acceptors (Lipinski definition) is 9. The molecular weight excluding hydrogens is 360 g/mol. The van der Waals surface area contributed by atoms with Crippen LogP contribution in [-0.2, 0) is 12.8 Å². The summed E-state index contributed by atoms with van der Waals surface area (Å²) in [5, 5.41) is 15.9. The maximum atomic E-state index is 4.62. The van der Waals surface area contributed by atoms with Crippen LogP contribution >= 0.6 is 34.4 Å². The third-order valence-electron chi connectivity index (χ3n) is 3.73. The van der Waals surface area contributed by atoms with Gasteiger partial charge in [0, 0.05) is 35.5 Å². The Balaban J connectivity index is 1.61. The molecule has 0 fully saturated rings. The van der Waals surface area contributed by atoms with Crippen LogP contribution in [0.2, 0.25) is 0 Å². The van der Waals surface area contributed by atoms with Gasteiger partial charge < -0.3 is 0 Å². The normalized spacial score (nSPS) is 14.2. The standard InChI is InChI=1S/C15H20N6S3/c1-8(2)14-17-12(24-20-14)6-10(4)15-19-18-13(22-15)5-9(3)11-7-16-21-23-11/h7-10H,5-6H2,1-4H3. The average molecular weight is 381 g/mol. The van der Waals surface area contributed by atoms with Gasteiger partial charge in [0.05, 0.1) is 6.20 Å². The minimum atomic E-state index is 0.310. The zero-order valence-electron chi connectivity index (χ0n) is 14.1. The van der Waals surface area contributed by atoms with Crippen molar-refractivity contribution in [2.75, 3.05) is 0 Å². The van der Waals surface area contributed by atoms with Crippen LogP contribution in [0.15, 0.2) is 6.20 Å². The zero-order chi connectivity index (χ0) is 17.1. The fourth-order valence-corrected chi connectivity index (χ4v) is 4.72. The van der Waals surface area contributed by atoms with Gasteiger partial charge in [-0.2, -0.15) is 4.37 Å². The highest BCUT2D eigenvalue weighted by Gasteiger charge is 2.18. The van der Waals surface area contributed by atoms with Crippen molar-refractivity contribution in [3.63, 3.8) is 0 Å². The predicted octanol–water partition coefficient (Wildman–Crippen LogP) is 4.06. The maximum Gasteiger partial charge on any atom is 0.145 e. The lowest BCUT2D eigenvalue weighted by Gasteiger charge is -2.05. The van der Waals surface area contributed by atoms with E-state index in [1.54, 1.807) is 11.3 Å². The number of hydrogen-bond donors (Lipinski definition) is 0. The fourth-order valence-electron chi connectivity index (χ4n) is 2.24. The van der Waals surface area contributed by atoms with Crippen LogP contribution in [-0.4, -0.2) is 29.1 Å². The van der Waals surface area contributed by atoms with Crippen LogP contribution in [0, 0.1) is 0 Å². The van der Waals surface area contributed by atoms with Crippen molar-refractivity contribution in [1.82, 2.24) is 29.1 Å². The molecule has 0 aromatic carbocycles. The molecular formula is C15H20N6S3. The molecule has 0 amide bonds. The van der Waals surface area contributed by atoms with Crippen molar-refractivity contribution in [2.24, 2.45) is 0 Å². The van der Waals surface area contributed by atoms with Gasteiger partial charge in [0.1, 0.15) is 20.8 Å². The molecule has 9 heteroatoms. The Bertz CT molecular complexity index is 764. The van der Waals surface area contributed by atoms with Gasteiger partial charge in [-0.05, 0) is 23.1 Å². The van der Waals surface area contributed by atoms with Crippen molar-refractivity contribution in [2.45, 2.75) is 58.3 Å². The van der Waals surface area contributed by atoms with Gasteiger partial charge in [0.25, 0.3) is 0 Å². The predicted molar refractivity (Wildman–Crippen MR) is 98.1 cm³/mol. The summed E-state index contributed by atoms with van der Waals surface area (Å²) in [6.07, 6.45) is 3.58. The SMILES string of the molecule is CC(C)c1nsc(CC(C)c2nnc(CC(C)c3cnns3)s2)n1. The molecule has 6 nitrogen and oxygen atoms in total. The van der Waals surface area contributed by atoms with Crippen molar-refractivity contribution in [3.05, 3.63) is 31.9 Å². The average Bonchev–Trinajstić information content (AvgIpc) is 3.28. The first-order chi connectivity index (χ1) is 11.5. The van der Waals surface area contributed by atoms with Crippen molar-refractivity contribution < 1.29 is 0 Å². The molecule has 3 aromatic heterocycles. The van der Waals surface area contributed by atoms with Crippen LogP contribution in [0.1, 0.15) is 71.2 Å². The van der Waals surface area contributed by atoms with Gasteiger partial charge in [0.15, 0.2) is 0 Å². The summed E-state index contributed by atoms with van der Waals surface area (Å²) >= 11 is 4.65. The van der Waals surface area contributed by atoms with Gasteiger partial charge >= 0.3 is 0 Å². The van der Waals surface area contributed by atoms with Crippen LogP contribution in [0.3, 0.4) is 0 Å². The molecule has 128 valence electrons. The molecule has 3 rings (SSSR count). The molecule has 3 aromatic rings.